The van der Waals surface area contributed by atoms with E-state index in [2.05, 4.69) is 36.5 Å². The predicted octanol–water partition coefficient (Wildman–Crippen LogP) is 2.38. The number of benzene rings is 1. The summed E-state index contributed by atoms with van der Waals surface area (Å²) in [6.45, 7) is 4.44. The number of hydrogen-bond acceptors (Lipinski definition) is 3. The monoisotopic (exact) mass is 371 g/mol. The van der Waals surface area contributed by atoms with Crippen molar-refractivity contribution in [2.75, 3.05) is 33.2 Å². The van der Waals surface area contributed by atoms with Crippen LogP contribution in [0, 0.1) is 12.8 Å². The number of nitrogens with one attached hydrogen (secondary N) is 1. The van der Waals surface area contributed by atoms with Crippen LogP contribution in [0.5, 0.6) is 0 Å². The minimum Gasteiger partial charge on any atom is -0.352 e. The highest BCUT2D eigenvalue weighted by Crippen LogP contribution is 2.23. The van der Waals surface area contributed by atoms with E-state index in [4.69, 9.17) is 0 Å². The zero-order chi connectivity index (χ0) is 19.2. The maximum absolute atomic E-state index is 12.5. The summed E-state index contributed by atoms with van der Waals surface area (Å²) in [6.07, 6.45) is 6.68. The molecule has 1 aliphatic heterocycles. The van der Waals surface area contributed by atoms with Crippen LogP contribution in [0.1, 0.15) is 43.2 Å². The van der Waals surface area contributed by atoms with Gasteiger partial charge in [-0.25, -0.2) is 0 Å². The molecule has 0 atom stereocenters. The van der Waals surface area contributed by atoms with Gasteiger partial charge in [0.05, 0.1) is 13.1 Å². The minimum absolute atomic E-state index is 0.0302. The van der Waals surface area contributed by atoms with E-state index >= 15 is 0 Å². The second kappa shape index (κ2) is 9.36. The van der Waals surface area contributed by atoms with Crippen LogP contribution in [0.15, 0.2) is 24.3 Å². The van der Waals surface area contributed by atoms with Crippen LogP contribution in [-0.2, 0) is 16.0 Å². The van der Waals surface area contributed by atoms with Gasteiger partial charge in [-0.15, -0.1) is 0 Å². The summed E-state index contributed by atoms with van der Waals surface area (Å²) in [6, 6.07) is 9.18. The normalized spacial score (nSPS) is 18.0. The zero-order valence-corrected chi connectivity index (χ0v) is 16.7. The molecule has 0 spiro atoms. The van der Waals surface area contributed by atoms with Crippen molar-refractivity contribution < 1.29 is 9.59 Å². The molecule has 0 aromatic heterocycles. The van der Waals surface area contributed by atoms with Crippen molar-refractivity contribution in [2.45, 2.75) is 51.5 Å². The molecule has 1 aromatic carbocycles. The molecule has 2 amide bonds. The van der Waals surface area contributed by atoms with Gasteiger partial charge in [0.1, 0.15) is 0 Å². The van der Waals surface area contributed by atoms with Gasteiger partial charge in [0.15, 0.2) is 0 Å². The third kappa shape index (κ3) is 6.65. The third-order valence-corrected chi connectivity index (χ3v) is 5.69. The molecule has 148 valence electrons. The summed E-state index contributed by atoms with van der Waals surface area (Å²) in [7, 11) is 1.85. The lowest BCUT2D eigenvalue weighted by atomic mass is 9.90. The molecule has 2 aliphatic rings. The largest absolute Gasteiger partial charge is 0.352 e. The second-order valence-corrected chi connectivity index (χ2v) is 8.36. The highest BCUT2D eigenvalue weighted by molar-refractivity contribution is 5.81. The Bertz CT molecular complexity index is 631. The van der Waals surface area contributed by atoms with Crippen molar-refractivity contribution in [2.24, 2.45) is 5.92 Å². The fourth-order valence-electron chi connectivity index (χ4n) is 3.73. The highest BCUT2D eigenvalue weighted by Gasteiger charge is 2.25. The van der Waals surface area contributed by atoms with Crippen LogP contribution in [0.4, 0.5) is 0 Å². The zero-order valence-electron chi connectivity index (χ0n) is 16.7. The van der Waals surface area contributed by atoms with Gasteiger partial charge >= 0.3 is 0 Å². The highest BCUT2D eigenvalue weighted by atomic mass is 16.2. The Morgan fingerprint density at radius 3 is 2.37 bits per heavy atom. The van der Waals surface area contributed by atoms with Gasteiger partial charge in [-0.05, 0) is 64.0 Å². The van der Waals surface area contributed by atoms with E-state index in [0.29, 0.717) is 25.0 Å². The SMILES string of the molecule is Cc1ccc(CCC2CCN(C(=O)CN(C)CC(=O)NC3CC3)CC2)cc1. The molecule has 1 aliphatic carbocycles. The lowest BCUT2D eigenvalue weighted by Crippen LogP contribution is -2.45. The summed E-state index contributed by atoms with van der Waals surface area (Å²) in [5.74, 6) is 0.883. The first-order chi connectivity index (χ1) is 13.0. The van der Waals surface area contributed by atoms with E-state index < -0.39 is 0 Å². The van der Waals surface area contributed by atoms with E-state index in [9.17, 15) is 9.59 Å². The van der Waals surface area contributed by atoms with Crippen molar-refractivity contribution in [3.63, 3.8) is 0 Å². The van der Waals surface area contributed by atoms with Crippen LogP contribution in [0.3, 0.4) is 0 Å². The summed E-state index contributed by atoms with van der Waals surface area (Å²) in [5, 5.41) is 2.97. The number of nitrogens with zero attached hydrogens (tertiary/aromatic N) is 2. The van der Waals surface area contributed by atoms with Crippen LogP contribution < -0.4 is 5.32 Å². The molecule has 1 aromatic rings. The van der Waals surface area contributed by atoms with E-state index in [1.165, 1.54) is 17.5 Å². The topological polar surface area (TPSA) is 52.7 Å². The lowest BCUT2D eigenvalue weighted by molar-refractivity contribution is -0.134. The van der Waals surface area contributed by atoms with Crippen molar-refractivity contribution >= 4 is 11.8 Å². The van der Waals surface area contributed by atoms with E-state index in [1.807, 2.05) is 16.8 Å². The lowest BCUT2D eigenvalue weighted by Gasteiger charge is -2.33. The number of amides is 2. The molecule has 1 N–H and O–H groups in total. The molecule has 27 heavy (non-hydrogen) atoms. The van der Waals surface area contributed by atoms with Gasteiger partial charge in [-0.3, -0.25) is 14.5 Å². The van der Waals surface area contributed by atoms with Crippen LogP contribution in [-0.4, -0.2) is 60.9 Å². The fourth-order valence-corrected chi connectivity index (χ4v) is 3.73. The van der Waals surface area contributed by atoms with Crippen LogP contribution >= 0.6 is 0 Å². The standard InChI is InChI=1S/C22H33N3O2/c1-17-3-5-18(6-4-17)7-8-19-11-13-25(14-12-19)22(27)16-24(2)15-21(26)23-20-9-10-20/h3-6,19-20H,7-16H2,1-2H3,(H,23,26). The van der Waals surface area contributed by atoms with Crippen LogP contribution in [0.25, 0.3) is 0 Å². The van der Waals surface area contributed by atoms with Gasteiger partial charge in [-0.1, -0.05) is 29.8 Å². The Labute approximate surface area is 163 Å². The average molecular weight is 372 g/mol. The Morgan fingerprint density at radius 2 is 1.74 bits per heavy atom. The maximum Gasteiger partial charge on any atom is 0.236 e. The number of carbonyl (C=O) groups excluding carboxylic acids is 2. The van der Waals surface area contributed by atoms with Crippen molar-refractivity contribution in [1.82, 2.24) is 15.1 Å². The summed E-state index contributed by atoms with van der Waals surface area (Å²) < 4.78 is 0. The fraction of sp³-hybridized carbons (Fsp3) is 0.636. The first kappa shape index (κ1) is 19.9. The quantitative estimate of drug-likeness (QED) is 0.763. The molecule has 0 bridgehead atoms. The molecular formula is C22H33N3O2. The Kier molecular flexibility index (Phi) is 6.89. The Hall–Kier alpha value is -1.88. The Balaban J connectivity index is 1.33. The second-order valence-electron chi connectivity index (χ2n) is 8.36. The van der Waals surface area contributed by atoms with Crippen molar-refractivity contribution in [3.8, 4) is 0 Å². The first-order valence-electron chi connectivity index (χ1n) is 10.3. The smallest absolute Gasteiger partial charge is 0.236 e. The van der Waals surface area contributed by atoms with Gasteiger partial charge in [-0.2, -0.15) is 0 Å². The molecule has 1 heterocycles. The van der Waals surface area contributed by atoms with Gasteiger partial charge in [0.25, 0.3) is 0 Å². The molecular weight excluding hydrogens is 338 g/mol. The summed E-state index contributed by atoms with van der Waals surface area (Å²) >= 11 is 0. The van der Waals surface area contributed by atoms with Gasteiger partial charge in [0.2, 0.25) is 11.8 Å². The van der Waals surface area contributed by atoms with Crippen molar-refractivity contribution in [1.29, 1.82) is 0 Å². The van der Waals surface area contributed by atoms with E-state index in [-0.39, 0.29) is 11.8 Å². The maximum atomic E-state index is 12.5. The molecule has 0 radical (unpaired) electrons. The number of rotatable bonds is 8. The molecule has 3 rings (SSSR count). The molecule has 1 saturated carbocycles. The van der Waals surface area contributed by atoms with Crippen LogP contribution in [0.2, 0.25) is 0 Å². The molecule has 5 heteroatoms. The minimum atomic E-state index is 0.0302. The van der Waals surface area contributed by atoms with Gasteiger partial charge in [0, 0.05) is 19.1 Å². The van der Waals surface area contributed by atoms with E-state index in [0.717, 1.165) is 45.2 Å². The Morgan fingerprint density at radius 1 is 1.07 bits per heavy atom. The molecule has 1 saturated heterocycles. The number of likely N-dealkylation sites (tertiary alicyclic amines) is 1. The number of aryl methyl sites for hydroxylation is 2. The van der Waals surface area contributed by atoms with Gasteiger partial charge < -0.3 is 10.2 Å². The average Bonchev–Trinajstić information content (AvgIpc) is 3.45. The predicted molar refractivity (Wildman–Crippen MR) is 107 cm³/mol. The molecule has 5 nitrogen and oxygen atoms in total. The third-order valence-electron chi connectivity index (χ3n) is 5.69. The van der Waals surface area contributed by atoms with Crippen molar-refractivity contribution in [3.05, 3.63) is 35.4 Å². The molecule has 0 unspecified atom stereocenters. The number of hydrogen-bond donors (Lipinski definition) is 1. The number of piperidine rings is 1. The summed E-state index contributed by atoms with van der Waals surface area (Å²) in [4.78, 5) is 28.1. The number of likely N-dealkylation sites (N-methyl/N-ethyl adjacent to an activating group) is 1. The van der Waals surface area contributed by atoms with E-state index in [1.54, 1.807) is 0 Å². The summed E-state index contributed by atoms with van der Waals surface area (Å²) in [5.41, 5.74) is 2.71. The molecule has 2 fully saturated rings. The first-order valence-corrected chi connectivity index (χ1v) is 10.3. The number of carbonyl (C=O) groups is 2.